The van der Waals surface area contributed by atoms with E-state index in [9.17, 15) is 19.8 Å². The summed E-state index contributed by atoms with van der Waals surface area (Å²) in [4.78, 5) is 24.9. The Bertz CT molecular complexity index is 862. The molecule has 0 saturated carbocycles. The largest absolute Gasteiger partial charge is 0.497 e. The van der Waals surface area contributed by atoms with E-state index in [4.69, 9.17) is 9.47 Å². The summed E-state index contributed by atoms with van der Waals surface area (Å²) in [7, 11) is 3.17. The summed E-state index contributed by atoms with van der Waals surface area (Å²) in [6.45, 7) is 3.65. The average molecular weight is 433 g/mol. The van der Waals surface area contributed by atoms with Crippen LogP contribution in [0, 0.1) is 11.3 Å². The zero-order valence-corrected chi connectivity index (χ0v) is 18.5. The van der Waals surface area contributed by atoms with Gasteiger partial charge in [0.1, 0.15) is 11.5 Å². The molecule has 2 aromatic carbocycles. The number of hydrogen-bond donors (Lipinski definition) is 2. The molecule has 2 aromatic rings. The Labute approximate surface area is 181 Å². The highest BCUT2D eigenvalue weighted by molar-refractivity contribution is 7.98. The molecule has 0 heterocycles. The Morgan fingerprint density at radius 1 is 0.967 bits per heavy atom. The second-order valence-corrected chi connectivity index (χ2v) is 8.59. The lowest BCUT2D eigenvalue weighted by Crippen LogP contribution is -2.42. The summed E-state index contributed by atoms with van der Waals surface area (Å²) in [5.41, 5.74) is -0.128. The molecule has 0 amide bonds. The summed E-state index contributed by atoms with van der Waals surface area (Å²) < 4.78 is 10.5. The Balaban J connectivity index is 2.36. The smallest absolute Gasteiger partial charge is 0.321 e. The quantitative estimate of drug-likeness (QED) is 0.391. The predicted molar refractivity (Wildman–Crippen MR) is 116 cm³/mol. The molecule has 30 heavy (non-hydrogen) atoms. The third kappa shape index (κ3) is 5.69. The van der Waals surface area contributed by atoms with Crippen LogP contribution in [0.1, 0.15) is 31.4 Å². The second kappa shape index (κ2) is 10.4. The number of methoxy groups -OCH3 is 2. The normalized spacial score (nSPS) is 11.4. The van der Waals surface area contributed by atoms with Crippen molar-refractivity contribution >= 4 is 23.7 Å². The van der Waals surface area contributed by atoms with Crippen molar-refractivity contribution in [1.82, 2.24) is 0 Å². The molecule has 7 heteroatoms. The zero-order chi connectivity index (χ0) is 22.3. The van der Waals surface area contributed by atoms with Gasteiger partial charge < -0.3 is 19.7 Å². The van der Waals surface area contributed by atoms with E-state index < -0.39 is 17.4 Å². The Hall–Kier alpha value is -2.67. The molecular formula is C23H28O6S. The molecule has 0 saturated heterocycles. The van der Waals surface area contributed by atoms with Gasteiger partial charge in [-0.25, -0.2) is 0 Å². The molecule has 162 valence electrons. The molecule has 0 aliphatic heterocycles. The molecule has 0 aliphatic rings. The third-order valence-electron chi connectivity index (χ3n) is 4.90. The second-order valence-electron chi connectivity index (χ2n) is 7.58. The topological polar surface area (TPSA) is 93.1 Å². The molecule has 0 fully saturated rings. The van der Waals surface area contributed by atoms with Crippen molar-refractivity contribution in [3.05, 3.63) is 53.6 Å². The Kier molecular flexibility index (Phi) is 8.17. The van der Waals surface area contributed by atoms with Crippen molar-refractivity contribution < 1.29 is 29.3 Å². The van der Waals surface area contributed by atoms with Gasteiger partial charge in [-0.15, -0.1) is 11.8 Å². The number of hydrogen-bond acceptors (Lipinski definition) is 5. The van der Waals surface area contributed by atoms with E-state index in [1.807, 2.05) is 44.2 Å². The highest BCUT2D eigenvalue weighted by Crippen LogP contribution is 2.37. The Morgan fingerprint density at radius 3 is 2.03 bits per heavy atom. The summed E-state index contributed by atoms with van der Waals surface area (Å²) >= 11 is 1.52. The number of rotatable bonds is 11. The lowest BCUT2D eigenvalue weighted by atomic mass is 9.75. The molecule has 6 nitrogen and oxygen atoms in total. The van der Waals surface area contributed by atoms with Gasteiger partial charge in [0.25, 0.3) is 0 Å². The van der Waals surface area contributed by atoms with Crippen LogP contribution in [0.3, 0.4) is 0 Å². The summed E-state index contributed by atoms with van der Waals surface area (Å²) in [6.07, 6.45) is -0.0446. The molecule has 0 aromatic heterocycles. The van der Waals surface area contributed by atoms with Gasteiger partial charge >= 0.3 is 11.9 Å². The molecule has 2 rings (SSSR count). The molecule has 0 spiro atoms. The number of ether oxygens (including phenoxy) is 2. The van der Waals surface area contributed by atoms with Crippen molar-refractivity contribution in [2.45, 2.75) is 37.3 Å². The molecule has 0 atom stereocenters. The van der Waals surface area contributed by atoms with Crippen molar-refractivity contribution in [1.29, 1.82) is 0 Å². The fourth-order valence-electron chi connectivity index (χ4n) is 3.34. The van der Waals surface area contributed by atoms with Crippen LogP contribution in [-0.4, -0.2) is 36.4 Å². The minimum Gasteiger partial charge on any atom is -0.497 e. The van der Waals surface area contributed by atoms with Gasteiger partial charge in [0, 0.05) is 17.1 Å². The average Bonchev–Trinajstić information content (AvgIpc) is 2.72. The van der Waals surface area contributed by atoms with Gasteiger partial charge in [-0.2, -0.15) is 0 Å². The van der Waals surface area contributed by atoms with E-state index in [1.54, 1.807) is 26.4 Å². The zero-order valence-electron chi connectivity index (χ0n) is 17.7. The number of carbonyl (C=O) groups is 2. The monoisotopic (exact) mass is 432 g/mol. The van der Waals surface area contributed by atoms with Crippen molar-refractivity contribution in [3.8, 4) is 11.5 Å². The number of benzene rings is 2. The molecule has 0 aliphatic carbocycles. The maximum atomic E-state index is 12.1. The van der Waals surface area contributed by atoms with Crippen LogP contribution < -0.4 is 9.47 Å². The van der Waals surface area contributed by atoms with Gasteiger partial charge in [0.05, 0.1) is 14.2 Å². The number of thioether (sulfide) groups is 1. The molecule has 0 unspecified atom stereocenters. The van der Waals surface area contributed by atoms with E-state index in [2.05, 4.69) is 0 Å². The van der Waals surface area contributed by atoms with E-state index in [-0.39, 0.29) is 18.8 Å². The van der Waals surface area contributed by atoms with Gasteiger partial charge in [0.2, 0.25) is 0 Å². The lowest BCUT2D eigenvalue weighted by molar-refractivity contribution is -0.166. The van der Waals surface area contributed by atoms with Crippen molar-refractivity contribution in [3.63, 3.8) is 0 Å². The maximum Gasteiger partial charge on any atom is 0.321 e. The number of carboxylic acids is 2. The van der Waals surface area contributed by atoms with E-state index in [0.717, 1.165) is 16.2 Å². The minimum absolute atomic E-state index is 0.0479. The SMILES string of the molecule is COc1ccc(CSc2cc(OC)ccc2CC(CC(C)C)(C(=O)O)C(=O)O)cc1. The van der Waals surface area contributed by atoms with Gasteiger partial charge in [-0.05, 0) is 47.7 Å². The number of carboxylic acid groups (broad SMARTS) is 2. The summed E-state index contributed by atoms with van der Waals surface area (Å²) in [5, 5.41) is 19.7. The standard InChI is InChI=1S/C23H28O6S/c1-15(2)12-23(21(24)25,22(26)27)13-17-7-10-19(29-4)11-20(17)30-14-16-5-8-18(28-3)9-6-16/h5-11,15H,12-14H2,1-4H3,(H,24,25)(H,26,27). The van der Waals surface area contributed by atoms with Crippen LogP contribution in [0.2, 0.25) is 0 Å². The number of aliphatic carboxylic acids is 2. The van der Waals surface area contributed by atoms with E-state index in [0.29, 0.717) is 17.1 Å². The first-order valence-electron chi connectivity index (χ1n) is 9.61. The van der Waals surface area contributed by atoms with Crippen molar-refractivity contribution in [2.75, 3.05) is 14.2 Å². The van der Waals surface area contributed by atoms with Crippen molar-refractivity contribution in [2.24, 2.45) is 11.3 Å². The Morgan fingerprint density at radius 2 is 1.53 bits per heavy atom. The minimum atomic E-state index is -1.88. The van der Waals surface area contributed by atoms with Crippen LogP contribution in [0.5, 0.6) is 11.5 Å². The summed E-state index contributed by atoms with van der Waals surface area (Å²) in [5.74, 6) is -0.660. The lowest BCUT2D eigenvalue weighted by Gasteiger charge is -2.27. The molecular weight excluding hydrogens is 404 g/mol. The fraction of sp³-hybridized carbons (Fsp3) is 0.391. The van der Waals surface area contributed by atoms with E-state index >= 15 is 0 Å². The van der Waals surface area contributed by atoms with Crippen LogP contribution in [0.25, 0.3) is 0 Å². The van der Waals surface area contributed by atoms with Gasteiger partial charge in [0.15, 0.2) is 5.41 Å². The molecule has 0 bridgehead atoms. The van der Waals surface area contributed by atoms with Gasteiger partial charge in [-0.3, -0.25) is 9.59 Å². The fourth-order valence-corrected chi connectivity index (χ4v) is 4.38. The first kappa shape index (κ1) is 23.6. The highest BCUT2D eigenvalue weighted by Gasteiger charge is 2.47. The predicted octanol–water partition coefficient (Wildman–Crippen LogP) is 4.74. The summed E-state index contributed by atoms with van der Waals surface area (Å²) in [6, 6.07) is 13.0. The third-order valence-corrected chi connectivity index (χ3v) is 6.06. The highest BCUT2D eigenvalue weighted by atomic mass is 32.2. The van der Waals surface area contributed by atoms with Crippen LogP contribution >= 0.6 is 11.8 Å². The van der Waals surface area contributed by atoms with E-state index in [1.165, 1.54) is 11.8 Å². The molecule has 2 N–H and O–H groups in total. The molecule has 0 radical (unpaired) electrons. The first-order valence-corrected chi connectivity index (χ1v) is 10.6. The van der Waals surface area contributed by atoms with Crippen LogP contribution in [0.4, 0.5) is 0 Å². The van der Waals surface area contributed by atoms with Crippen LogP contribution in [0.15, 0.2) is 47.4 Å². The van der Waals surface area contributed by atoms with Crippen LogP contribution in [-0.2, 0) is 21.8 Å². The van der Waals surface area contributed by atoms with Gasteiger partial charge in [-0.1, -0.05) is 32.0 Å². The maximum absolute atomic E-state index is 12.1. The first-order chi connectivity index (χ1) is 14.2.